The Labute approximate surface area is 150 Å². The minimum absolute atomic E-state index is 0.357. The van der Waals surface area contributed by atoms with Crippen LogP contribution in [0.4, 0.5) is 17.5 Å². The molecule has 0 amide bonds. The summed E-state index contributed by atoms with van der Waals surface area (Å²) >= 11 is 12.1. The molecule has 7 nitrogen and oxygen atoms in total. The van der Waals surface area contributed by atoms with Crippen molar-refractivity contribution in [2.24, 2.45) is 0 Å². The van der Waals surface area contributed by atoms with Crippen LogP contribution >= 0.6 is 23.2 Å². The summed E-state index contributed by atoms with van der Waals surface area (Å²) in [6.45, 7) is 5.22. The van der Waals surface area contributed by atoms with E-state index in [0.29, 0.717) is 27.5 Å². The van der Waals surface area contributed by atoms with E-state index in [0.717, 1.165) is 39.4 Å². The summed E-state index contributed by atoms with van der Waals surface area (Å²) in [5, 5.41) is 15.3. The third kappa shape index (κ3) is 4.91. The third-order valence-corrected chi connectivity index (χ3v) is 4.14. The smallest absolute Gasteiger partial charge is 0.249 e. The average molecular weight is 369 g/mol. The van der Waals surface area contributed by atoms with Gasteiger partial charge in [-0.2, -0.15) is 10.1 Å². The van der Waals surface area contributed by atoms with Crippen molar-refractivity contribution in [2.45, 2.75) is 0 Å². The highest BCUT2D eigenvalue weighted by Gasteiger charge is 2.10. The summed E-state index contributed by atoms with van der Waals surface area (Å²) < 4.78 is 5.33. The van der Waals surface area contributed by atoms with Gasteiger partial charge in [0.1, 0.15) is 0 Å². The molecule has 24 heavy (non-hydrogen) atoms. The van der Waals surface area contributed by atoms with E-state index in [1.54, 1.807) is 24.4 Å². The lowest BCUT2D eigenvalue weighted by Gasteiger charge is -2.26. The minimum Gasteiger partial charge on any atom is -0.379 e. The second-order valence-corrected chi connectivity index (χ2v) is 6.14. The number of ether oxygens (including phenoxy) is 1. The molecule has 1 aliphatic rings. The van der Waals surface area contributed by atoms with Gasteiger partial charge in [0.05, 0.1) is 30.1 Å². The molecule has 1 aliphatic heterocycles. The maximum atomic E-state index is 6.13. The van der Waals surface area contributed by atoms with Gasteiger partial charge in [-0.1, -0.05) is 23.2 Å². The Bertz CT molecular complexity index is 681. The van der Waals surface area contributed by atoms with Gasteiger partial charge in [0.15, 0.2) is 5.82 Å². The van der Waals surface area contributed by atoms with E-state index in [2.05, 4.69) is 30.7 Å². The van der Waals surface area contributed by atoms with Crippen LogP contribution < -0.4 is 10.6 Å². The highest BCUT2D eigenvalue weighted by atomic mass is 35.5. The minimum atomic E-state index is 0.357. The first-order valence-electron chi connectivity index (χ1n) is 7.66. The number of nitrogens with zero attached hydrogens (tertiary/aromatic N) is 4. The molecular formula is C15H18Cl2N6O. The van der Waals surface area contributed by atoms with E-state index in [-0.39, 0.29) is 0 Å². The number of halogens is 2. The van der Waals surface area contributed by atoms with Gasteiger partial charge in [-0.15, -0.1) is 5.10 Å². The molecule has 0 bridgehead atoms. The first-order chi connectivity index (χ1) is 11.7. The van der Waals surface area contributed by atoms with Crippen molar-refractivity contribution in [3.05, 3.63) is 34.4 Å². The molecule has 9 heteroatoms. The predicted molar refractivity (Wildman–Crippen MR) is 95.3 cm³/mol. The molecule has 2 heterocycles. The van der Waals surface area contributed by atoms with Crippen molar-refractivity contribution < 1.29 is 4.74 Å². The van der Waals surface area contributed by atoms with Crippen molar-refractivity contribution >= 4 is 40.7 Å². The van der Waals surface area contributed by atoms with Crippen LogP contribution in [0.3, 0.4) is 0 Å². The third-order valence-electron chi connectivity index (χ3n) is 3.57. The van der Waals surface area contributed by atoms with E-state index < -0.39 is 0 Å². The second kappa shape index (κ2) is 8.43. The van der Waals surface area contributed by atoms with Crippen LogP contribution in [0.2, 0.25) is 10.0 Å². The van der Waals surface area contributed by atoms with Crippen LogP contribution in [-0.4, -0.2) is 59.5 Å². The van der Waals surface area contributed by atoms with Crippen molar-refractivity contribution in [1.82, 2.24) is 20.1 Å². The molecule has 1 aromatic heterocycles. The Kier molecular flexibility index (Phi) is 6.03. The number of hydrogen-bond acceptors (Lipinski definition) is 7. The molecule has 1 fully saturated rings. The van der Waals surface area contributed by atoms with Crippen LogP contribution in [-0.2, 0) is 4.74 Å². The van der Waals surface area contributed by atoms with E-state index >= 15 is 0 Å². The van der Waals surface area contributed by atoms with Crippen LogP contribution in [0, 0.1) is 0 Å². The van der Waals surface area contributed by atoms with Crippen LogP contribution in [0.15, 0.2) is 24.4 Å². The molecule has 128 valence electrons. The number of hydrogen-bond donors (Lipinski definition) is 2. The lowest BCUT2D eigenvalue weighted by Crippen LogP contribution is -2.39. The van der Waals surface area contributed by atoms with E-state index in [9.17, 15) is 0 Å². The quantitative estimate of drug-likeness (QED) is 0.811. The molecule has 1 aromatic carbocycles. The Balaban J connectivity index is 1.56. The van der Waals surface area contributed by atoms with Gasteiger partial charge in [-0.25, -0.2) is 0 Å². The summed E-state index contributed by atoms with van der Waals surface area (Å²) in [6, 6.07) is 5.15. The summed E-state index contributed by atoms with van der Waals surface area (Å²) in [5.74, 6) is 1.01. The molecule has 0 saturated carbocycles. The average Bonchev–Trinajstić information content (AvgIpc) is 2.60. The zero-order valence-corrected chi connectivity index (χ0v) is 14.5. The standard InChI is InChI=1S/C15H18Cl2N6O/c16-11-1-2-12(17)13(9-11)20-15-21-14(10-19-22-15)18-3-4-23-5-7-24-8-6-23/h1-2,9-10H,3-8H2,(H2,18,20,21,22). The zero-order chi connectivity index (χ0) is 16.8. The fourth-order valence-electron chi connectivity index (χ4n) is 2.32. The van der Waals surface area contributed by atoms with Gasteiger partial charge < -0.3 is 15.4 Å². The predicted octanol–water partition coefficient (Wildman–Crippen LogP) is 2.67. The van der Waals surface area contributed by atoms with Gasteiger partial charge >= 0.3 is 0 Å². The van der Waals surface area contributed by atoms with Crippen LogP contribution in [0.5, 0.6) is 0 Å². The molecule has 3 rings (SSSR count). The van der Waals surface area contributed by atoms with Gasteiger partial charge in [0.2, 0.25) is 5.95 Å². The molecule has 2 N–H and O–H groups in total. The molecule has 0 radical (unpaired) electrons. The number of morpholine rings is 1. The number of aromatic nitrogens is 3. The first-order valence-corrected chi connectivity index (χ1v) is 8.42. The SMILES string of the molecule is Clc1ccc(Cl)c(Nc2nncc(NCCN3CCOCC3)n2)c1. The molecule has 0 spiro atoms. The Morgan fingerprint density at radius 3 is 2.88 bits per heavy atom. The molecular weight excluding hydrogens is 351 g/mol. The maximum Gasteiger partial charge on any atom is 0.249 e. The largest absolute Gasteiger partial charge is 0.379 e. The number of nitrogens with one attached hydrogen (secondary N) is 2. The fraction of sp³-hybridized carbons (Fsp3) is 0.400. The summed E-state index contributed by atoms with van der Waals surface area (Å²) in [5.41, 5.74) is 0.636. The van der Waals surface area contributed by atoms with E-state index in [1.165, 1.54) is 0 Å². The Morgan fingerprint density at radius 1 is 1.21 bits per heavy atom. The lowest BCUT2D eigenvalue weighted by molar-refractivity contribution is 0.0398. The molecule has 2 aromatic rings. The van der Waals surface area contributed by atoms with Crippen molar-refractivity contribution in [2.75, 3.05) is 50.0 Å². The van der Waals surface area contributed by atoms with Crippen LogP contribution in [0.1, 0.15) is 0 Å². The fourth-order valence-corrected chi connectivity index (χ4v) is 2.66. The normalized spacial score (nSPS) is 15.2. The molecule has 0 aliphatic carbocycles. The first kappa shape index (κ1) is 17.2. The molecule has 0 atom stereocenters. The number of benzene rings is 1. The topological polar surface area (TPSA) is 75.2 Å². The summed E-state index contributed by atoms with van der Waals surface area (Å²) in [7, 11) is 0. The van der Waals surface area contributed by atoms with Crippen LogP contribution in [0.25, 0.3) is 0 Å². The summed E-state index contributed by atoms with van der Waals surface area (Å²) in [4.78, 5) is 6.72. The second-order valence-electron chi connectivity index (χ2n) is 5.30. The summed E-state index contributed by atoms with van der Waals surface area (Å²) in [6.07, 6.45) is 1.59. The molecule has 0 unspecified atom stereocenters. The Morgan fingerprint density at radius 2 is 2.04 bits per heavy atom. The van der Waals surface area contributed by atoms with Gasteiger partial charge in [-0.05, 0) is 18.2 Å². The lowest BCUT2D eigenvalue weighted by atomic mass is 10.3. The highest BCUT2D eigenvalue weighted by Crippen LogP contribution is 2.27. The van der Waals surface area contributed by atoms with Gasteiger partial charge in [-0.3, -0.25) is 4.90 Å². The monoisotopic (exact) mass is 368 g/mol. The maximum absolute atomic E-state index is 6.13. The van der Waals surface area contributed by atoms with E-state index in [4.69, 9.17) is 27.9 Å². The van der Waals surface area contributed by atoms with Crippen molar-refractivity contribution in [1.29, 1.82) is 0 Å². The Hall–Kier alpha value is -1.67. The van der Waals surface area contributed by atoms with Gasteiger partial charge in [0.25, 0.3) is 0 Å². The van der Waals surface area contributed by atoms with E-state index in [1.807, 2.05) is 0 Å². The zero-order valence-electron chi connectivity index (χ0n) is 13.0. The van der Waals surface area contributed by atoms with Gasteiger partial charge in [0, 0.05) is 31.2 Å². The number of anilines is 3. The highest BCUT2D eigenvalue weighted by molar-refractivity contribution is 6.35. The van der Waals surface area contributed by atoms with Crippen molar-refractivity contribution in [3.8, 4) is 0 Å². The number of rotatable bonds is 6. The van der Waals surface area contributed by atoms with Crippen molar-refractivity contribution in [3.63, 3.8) is 0 Å². The molecule has 1 saturated heterocycles.